The highest BCUT2D eigenvalue weighted by Gasteiger charge is 2.37. The minimum Gasteiger partial charge on any atom is -0.381 e. The molecule has 1 aliphatic rings. The molecule has 78 valence electrons. The first-order chi connectivity index (χ1) is 6.11. The average molecular weight is 206 g/mol. The van der Waals surface area contributed by atoms with E-state index in [0.29, 0.717) is 0 Å². The summed E-state index contributed by atoms with van der Waals surface area (Å²) in [6.07, 6.45) is 4.44. The molecule has 0 aliphatic heterocycles. The van der Waals surface area contributed by atoms with Gasteiger partial charge in [0.05, 0.1) is 11.8 Å². The van der Waals surface area contributed by atoms with Crippen molar-refractivity contribution in [2.75, 3.05) is 20.9 Å². The summed E-state index contributed by atoms with van der Waals surface area (Å²) >= 11 is 0. The van der Waals surface area contributed by atoms with Crippen molar-refractivity contribution in [1.82, 2.24) is 0 Å². The van der Waals surface area contributed by atoms with Gasteiger partial charge in [-0.25, -0.2) is 0 Å². The van der Waals surface area contributed by atoms with Crippen molar-refractivity contribution in [2.45, 2.75) is 37.4 Å². The van der Waals surface area contributed by atoms with Gasteiger partial charge in [-0.2, -0.15) is 0 Å². The van der Waals surface area contributed by atoms with Gasteiger partial charge < -0.3 is 9.26 Å². The third-order valence-electron chi connectivity index (χ3n) is 2.94. The van der Waals surface area contributed by atoms with Gasteiger partial charge in [0.15, 0.2) is 0 Å². The molecule has 0 aromatic heterocycles. The van der Waals surface area contributed by atoms with Crippen molar-refractivity contribution < 1.29 is 13.8 Å². The zero-order chi connectivity index (χ0) is 9.90. The smallest absolute Gasteiger partial charge is 0.205 e. The molecule has 0 N–H and O–H groups in total. The van der Waals surface area contributed by atoms with Gasteiger partial charge in [0.1, 0.15) is 0 Å². The number of hydrogen-bond donors (Lipinski definition) is 0. The van der Waals surface area contributed by atoms with E-state index in [4.69, 9.17) is 9.26 Å². The van der Waals surface area contributed by atoms with Gasteiger partial charge in [0.2, 0.25) is 7.37 Å². The summed E-state index contributed by atoms with van der Waals surface area (Å²) in [4.78, 5) is 0. The van der Waals surface area contributed by atoms with E-state index in [1.54, 1.807) is 13.8 Å². The molecule has 0 radical (unpaired) electrons. The van der Waals surface area contributed by atoms with Crippen molar-refractivity contribution >= 4 is 7.37 Å². The molecule has 0 aromatic rings. The highest BCUT2D eigenvalue weighted by Crippen LogP contribution is 2.53. The van der Waals surface area contributed by atoms with Crippen molar-refractivity contribution in [1.29, 1.82) is 0 Å². The first-order valence-corrected chi connectivity index (χ1v) is 6.91. The van der Waals surface area contributed by atoms with E-state index in [2.05, 4.69) is 0 Å². The van der Waals surface area contributed by atoms with Crippen LogP contribution < -0.4 is 0 Å². The zero-order valence-electron chi connectivity index (χ0n) is 8.66. The summed E-state index contributed by atoms with van der Waals surface area (Å²) in [6, 6.07) is 0. The Balaban J connectivity index is 2.69. The van der Waals surface area contributed by atoms with Crippen LogP contribution in [0.1, 0.15) is 25.7 Å². The topological polar surface area (TPSA) is 35.5 Å². The van der Waals surface area contributed by atoms with Crippen LogP contribution in [-0.4, -0.2) is 32.6 Å². The van der Waals surface area contributed by atoms with Crippen LogP contribution in [0.5, 0.6) is 0 Å². The van der Waals surface area contributed by atoms with Crippen LogP contribution in [0.4, 0.5) is 0 Å². The Morgan fingerprint density at radius 3 is 2.38 bits per heavy atom. The third kappa shape index (κ3) is 2.55. The number of rotatable bonds is 3. The standard InChI is InChI=1S/C9H19O3P/c1-11-8-6-4-5-7-9(8)13(3,10)12-2/h8-9H,4-7H2,1-3H3. The first kappa shape index (κ1) is 11.2. The average Bonchev–Trinajstić information content (AvgIpc) is 2.18. The number of ether oxygens (including phenoxy) is 1. The molecule has 0 amide bonds. The number of hydrogen-bond acceptors (Lipinski definition) is 3. The van der Waals surface area contributed by atoms with E-state index in [9.17, 15) is 4.57 Å². The van der Waals surface area contributed by atoms with Crippen LogP contribution in [0.3, 0.4) is 0 Å². The monoisotopic (exact) mass is 206 g/mol. The maximum Gasteiger partial charge on any atom is 0.205 e. The molecule has 13 heavy (non-hydrogen) atoms. The van der Waals surface area contributed by atoms with E-state index < -0.39 is 7.37 Å². The van der Waals surface area contributed by atoms with Gasteiger partial charge >= 0.3 is 0 Å². The fourth-order valence-electron chi connectivity index (χ4n) is 2.02. The zero-order valence-corrected chi connectivity index (χ0v) is 9.55. The van der Waals surface area contributed by atoms with Crippen molar-refractivity contribution in [3.8, 4) is 0 Å². The van der Waals surface area contributed by atoms with Gasteiger partial charge in [0.25, 0.3) is 0 Å². The van der Waals surface area contributed by atoms with Crippen LogP contribution in [-0.2, 0) is 13.8 Å². The molecule has 0 heterocycles. The van der Waals surface area contributed by atoms with Crippen molar-refractivity contribution in [2.24, 2.45) is 0 Å². The molecule has 1 rings (SSSR count). The molecule has 1 aliphatic carbocycles. The molecule has 3 unspecified atom stereocenters. The van der Waals surface area contributed by atoms with E-state index in [-0.39, 0.29) is 11.8 Å². The molecule has 0 bridgehead atoms. The molecular formula is C9H19O3P. The SMILES string of the molecule is COC1CCCCC1P(C)(=O)OC. The van der Waals surface area contributed by atoms with Gasteiger partial charge in [-0.15, -0.1) is 0 Å². The molecule has 1 fully saturated rings. The van der Waals surface area contributed by atoms with Crippen LogP contribution in [0.25, 0.3) is 0 Å². The Morgan fingerprint density at radius 2 is 1.85 bits per heavy atom. The van der Waals surface area contributed by atoms with E-state index >= 15 is 0 Å². The van der Waals surface area contributed by atoms with Gasteiger partial charge in [-0.05, 0) is 12.8 Å². The third-order valence-corrected chi connectivity index (χ3v) is 5.46. The van der Waals surface area contributed by atoms with Gasteiger partial charge in [-0.3, -0.25) is 4.57 Å². The maximum absolute atomic E-state index is 12.0. The lowest BCUT2D eigenvalue weighted by molar-refractivity contribution is 0.0701. The molecule has 0 aromatic carbocycles. The molecular weight excluding hydrogens is 187 g/mol. The quantitative estimate of drug-likeness (QED) is 0.665. The predicted octanol–water partition coefficient (Wildman–Crippen LogP) is 2.50. The second kappa shape index (κ2) is 4.59. The fraction of sp³-hybridized carbons (Fsp3) is 1.00. The van der Waals surface area contributed by atoms with E-state index in [1.165, 1.54) is 13.5 Å². The molecule has 1 saturated carbocycles. The Bertz CT molecular complexity index is 205. The second-order valence-electron chi connectivity index (χ2n) is 3.72. The summed E-state index contributed by atoms with van der Waals surface area (Å²) in [5, 5.41) is 0. The minimum absolute atomic E-state index is 0.108. The summed E-state index contributed by atoms with van der Waals surface area (Å²) in [6.45, 7) is 1.72. The van der Waals surface area contributed by atoms with Crippen LogP contribution in [0.2, 0.25) is 0 Å². The lowest BCUT2D eigenvalue weighted by Crippen LogP contribution is -2.31. The highest BCUT2D eigenvalue weighted by atomic mass is 31.2. The van der Waals surface area contributed by atoms with Gasteiger partial charge in [-0.1, -0.05) is 12.8 Å². The largest absolute Gasteiger partial charge is 0.381 e. The predicted molar refractivity (Wildman–Crippen MR) is 53.6 cm³/mol. The summed E-state index contributed by atoms with van der Waals surface area (Å²) in [5.74, 6) is 0. The maximum atomic E-state index is 12.0. The van der Waals surface area contributed by atoms with E-state index in [1.807, 2.05) is 0 Å². The second-order valence-corrected chi connectivity index (χ2v) is 6.56. The molecule has 0 saturated heterocycles. The summed E-state index contributed by atoms with van der Waals surface area (Å²) < 4.78 is 22.4. The Kier molecular flexibility index (Phi) is 3.96. The fourth-order valence-corrected chi connectivity index (χ4v) is 3.82. The highest BCUT2D eigenvalue weighted by molar-refractivity contribution is 7.59. The molecule has 4 heteroatoms. The molecule has 3 atom stereocenters. The normalized spacial score (nSPS) is 34.1. The number of methoxy groups -OCH3 is 1. The van der Waals surface area contributed by atoms with Crippen LogP contribution in [0, 0.1) is 0 Å². The Morgan fingerprint density at radius 1 is 1.23 bits per heavy atom. The van der Waals surface area contributed by atoms with Crippen molar-refractivity contribution in [3.05, 3.63) is 0 Å². The Hall–Kier alpha value is 0.150. The molecule has 3 nitrogen and oxygen atoms in total. The molecule has 0 spiro atoms. The van der Waals surface area contributed by atoms with Crippen molar-refractivity contribution in [3.63, 3.8) is 0 Å². The summed E-state index contributed by atoms with van der Waals surface area (Å²) in [7, 11) is 0.776. The van der Waals surface area contributed by atoms with Crippen LogP contribution in [0.15, 0.2) is 0 Å². The minimum atomic E-state index is -2.45. The van der Waals surface area contributed by atoms with E-state index in [0.717, 1.165) is 19.3 Å². The summed E-state index contributed by atoms with van der Waals surface area (Å²) in [5.41, 5.74) is 0.108. The first-order valence-electron chi connectivity index (χ1n) is 4.77. The lowest BCUT2D eigenvalue weighted by atomic mass is 9.97. The lowest BCUT2D eigenvalue weighted by Gasteiger charge is -2.33. The Labute approximate surface area is 80.3 Å². The van der Waals surface area contributed by atoms with Crippen LogP contribution >= 0.6 is 7.37 Å². The van der Waals surface area contributed by atoms with Gasteiger partial charge in [0, 0.05) is 20.9 Å².